The molecule has 0 saturated heterocycles. The highest BCUT2D eigenvalue weighted by Crippen LogP contribution is 2.24. The van der Waals surface area contributed by atoms with Crippen LogP contribution in [0.15, 0.2) is 12.2 Å². The first-order valence-electron chi connectivity index (χ1n) is 5.67. The molecular formula is C12H22N2O. The summed E-state index contributed by atoms with van der Waals surface area (Å²) in [4.78, 5) is 13.8. The Kier molecular flexibility index (Phi) is 4.33. The normalized spacial score (nSPS) is 26.1. The Bertz CT molecular complexity index is 250. The number of amides is 1. The van der Waals surface area contributed by atoms with E-state index in [2.05, 4.69) is 6.58 Å². The van der Waals surface area contributed by atoms with Gasteiger partial charge in [0.2, 0.25) is 5.91 Å². The van der Waals surface area contributed by atoms with Gasteiger partial charge in [-0.05, 0) is 19.8 Å². The van der Waals surface area contributed by atoms with Crippen LogP contribution >= 0.6 is 0 Å². The molecule has 15 heavy (non-hydrogen) atoms. The molecule has 2 unspecified atom stereocenters. The standard InChI is InChI=1S/C12H22N2O/c1-9(2)8-14(3)12(15)10-6-4-5-7-11(10)13/h10-11H,1,4-8,13H2,2-3H3. The van der Waals surface area contributed by atoms with Crippen LogP contribution in [0.5, 0.6) is 0 Å². The molecule has 1 aliphatic carbocycles. The molecule has 0 aliphatic heterocycles. The lowest BCUT2D eigenvalue weighted by molar-refractivity contribution is -0.135. The molecule has 3 nitrogen and oxygen atoms in total. The van der Waals surface area contributed by atoms with Crippen molar-refractivity contribution in [1.82, 2.24) is 4.90 Å². The van der Waals surface area contributed by atoms with Gasteiger partial charge in [-0.3, -0.25) is 4.79 Å². The van der Waals surface area contributed by atoms with E-state index >= 15 is 0 Å². The number of nitrogens with zero attached hydrogens (tertiary/aromatic N) is 1. The third-order valence-corrected chi connectivity index (χ3v) is 3.02. The summed E-state index contributed by atoms with van der Waals surface area (Å²) in [5.74, 6) is 0.216. The molecule has 0 aromatic rings. The van der Waals surface area contributed by atoms with E-state index in [-0.39, 0.29) is 17.9 Å². The maximum Gasteiger partial charge on any atom is 0.227 e. The second-order valence-electron chi connectivity index (χ2n) is 4.71. The van der Waals surface area contributed by atoms with E-state index in [9.17, 15) is 4.79 Å². The Morgan fingerprint density at radius 1 is 1.47 bits per heavy atom. The topological polar surface area (TPSA) is 46.3 Å². The summed E-state index contributed by atoms with van der Waals surface area (Å²) in [6.45, 7) is 6.39. The number of carbonyl (C=O) groups is 1. The van der Waals surface area contributed by atoms with Gasteiger partial charge < -0.3 is 10.6 Å². The highest BCUT2D eigenvalue weighted by molar-refractivity contribution is 5.79. The lowest BCUT2D eigenvalue weighted by Gasteiger charge is -2.31. The summed E-state index contributed by atoms with van der Waals surface area (Å²) in [6.07, 6.45) is 4.22. The average Bonchev–Trinajstić information content (AvgIpc) is 2.16. The Hall–Kier alpha value is -0.830. The zero-order chi connectivity index (χ0) is 11.4. The highest BCUT2D eigenvalue weighted by Gasteiger charge is 2.30. The predicted octanol–water partition coefficient (Wildman–Crippen LogP) is 1.54. The first-order chi connectivity index (χ1) is 7.02. The maximum absolute atomic E-state index is 12.0. The van der Waals surface area contributed by atoms with Crippen molar-refractivity contribution in [2.24, 2.45) is 11.7 Å². The van der Waals surface area contributed by atoms with Crippen LogP contribution in [-0.2, 0) is 4.79 Å². The first kappa shape index (κ1) is 12.2. The molecule has 1 aliphatic rings. The third kappa shape index (κ3) is 3.34. The van der Waals surface area contributed by atoms with E-state index in [1.165, 1.54) is 0 Å². The number of carbonyl (C=O) groups excluding carboxylic acids is 1. The lowest BCUT2D eigenvalue weighted by Crippen LogP contribution is -2.44. The number of nitrogens with two attached hydrogens (primary N) is 1. The van der Waals surface area contributed by atoms with Crippen molar-refractivity contribution in [2.75, 3.05) is 13.6 Å². The van der Waals surface area contributed by atoms with Gasteiger partial charge in [0.25, 0.3) is 0 Å². The third-order valence-electron chi connectivity index (χ3n) is 3.02. The number of likely N-dealkylation sites (N-methyl/N-ethyl adjacent to an activating group) is 1. The molecule has 2 atom stereocenters. The minimum Gasteiger partial charge on any atom is -0.341 e. The number of hydrogen-bond donors (Lipinski definition) is 1. The zero-order valence-corrected chi connectivity index (χ0v) is 9.83. The van der Waals surface area contributed by atoms with E-state index < -0.39 is 0 Å². The second kappa shape index (κ2) is 5.31. The summed E-state index contributed by atoms with van der Waals surface area (Å²) >= 11 is 0. The van der Waals surface area contributed by atoms with Gasteiger partial charge in [0.1, 0.15) is 0 Å². The van der Waals surface area contributed by atoms with Crippen LogP contribution in [0.3, 0.4) is 0 Å². The molecule has 86 valence electrons. The van der Waals surface area contributed by atoms with Gasteiger partial charge in [-0.2, -0.15) is 0 Å². The quantitative estimate of drug-likeness (QED) is 0.718. The summed E-state index contributed by atoms with van der Waals surface area (Å²) in [5.41, 5.74) is 6.99. The summed E-state index contributed by atoms with van der Waals surface area (Å²) in [7, 11) is 1.83. The van der Waals surface area contributed by atoms with Crippen molar-refractivity contribution >= 4 is 5.91 Å². The van der Waals surface area contributed by atoms with E-state index in [4.69, 9.17) is 5.73 Å². The molecule has 0 aromatic carbocycles. The number of hydrogen-bond acceptors (Lipinski definition) is 2. The van der Waals surface area contributed by atoms with Gasteiger partial charge in [0.15, 0.2) is 0 Å². The van der Waals surface area contributed by atoms with Crippen LogP contribution in [0.1, 0.15) is 32.6 Å². The van der Waals surface area contributed by atoms with Crippen molar-refractivity contribution in [2.45, 2.75) is 38.6 Å². The molecular weight excluding hydrogens is 188 g/mol. The van der Waals surface area contributed by atoms with Crippen LogP contribution in [-0.4, -0.2) is 30.4 Å². The first-order valence-corrected chi connectivity index (χ1v) is 5.67. The predicted molar refractivity (Wildman–Crippen MR) is 62.4 cm³/mol. The molecule has 0 bridgehead atoms. The fraction of sp³-hybridized carbons (Fsp3) is 0.750. The van der Waals surface area contributed by atoms with Crippen LogP contribution < -0.4 is 5.73 Å². The van der Waals surface area contributed by atoms with Crippen LogP contribution in [0.4, 0.5) is 0 Å². The summed E-state index contributed by atoms with van der Waals surface area (Å²) in [5, 5.41) is 0. The molecule has 3 heteroatoms. The van der Waals surface area contributed by atoms with Crippen molar-refractivity contribution in [3.8, 4) is 0 Å². The molecule has 1 rings (SSSR count). The average molecular weight is 210 g/mol. The van der Waals surface area contributed by atoms with E-state index in [1.807, 2.05) is 14.0 Å². The number of rotatable bonds is 3. The minimum absolute atomic E-state index is 0.0306. The summed E-state index contributed by atoms with van der Waals surface area (Å²) in [6, 6.07) is 0.0545. The smallest absolute Gasteiger partial charge is 0.227 e. The van der Waals surface area contributed by atoms with Gasteiger partial charge in [0.05, 0.1) is 5.92 Å². The van der Waals surface area contributed by atoms with Crippen LogP contribution in [0, 0.1) is 5.92 Å². The molecule has 0 spiro atoms. The maximum atomic E-state index is 12.0. The Morgan fingerprint density at radius 2 is 2.07 bits per heavy atom. The van der Waals surface area contributed by atoms with Crippen molar-refractivity contribution in [1.29, 1.82) is 0 Å². The lowest BCUT2D eigenvalue weighted by atomic mass is 9.84. The van der Waals surface area contributed by atoms with Crippen LogP contribution in [0.2, 0.25) is 0 Å². The molecule has 0 radical (unpaired) electrons. The van der Waals surface area contributed by atoms with Gasteiger partial charge >= 0.3 is 0 Å². The molecule has 1 fully saturated rings. The largest absolute Gasteiger partial charge is 0.341 e. The van der Waals surface area contributed by atoms with E-state index in [0.717, 1.165) is 31.3 Å². The fourth-order valence-electron chi connectivity index (χ4n) is 2.23. The van der Waals surface area contributed by atoms with Gasteiger partial charge in [-0.25, -0.2) is 0 Å². The Morgan fingerprint density at radius 3 is 2.60 bits per heavy atom. The Balaban J connectivity index is 2.54. The SMILES string of the molecule is C=C(C)CN(C)C(=O)C1CCCCC1N. The zero-order valence-electron chi connectivity index (χ0n) is 9.83. The van der Waals surface area contributed by atoms with Crippen molar-refractivity contribution in [3.05, 3.63) is 12.2 Å². The van der Waals surface area contributed by atoms with Crippen molar-refractivity contribution in [3.63, 3.8) is 0 Å². The summed E-state index contributed by atoms with van der Waals surface area (Å²) < 4.78 is 0. The Labute approximate surface area is 92.3 Å². The van der Waals surface area contributed by atoms with Gasteiger partial charge in [-0.1, -0.05) is 25.0 Å². The second-order valence-corrected chi connectivity index (χ2v) is 4.71. The van der Waals surface area contributed by atoms with Crippen LogP contribution in [0.25, 0.3) is 0 Å². The monoisotopic (exact) mass is 210 g/mol. The van der Waals surface area contributed by atoms with E-state index in [1.54, 1.807) is 4.90 Å². The molecule has 1 saturated carbocycles. The van der Waals surface area contributed by atoms with Gasteiger partial charge in [0, 0.05) is 19.6 Å². The molecule has 0 heterocycles. The molecule has 1 amide bonds. The molecule has 0 aromatic heterocycles. The minimum atomic E-state index is 0.0306. The fourth-order valence-corrected chi connectivity index (χ4v) is 2.23. The highest BCUT2D eigenvalue weighted by atomic mass is 16.2. The van der Waals surface area contributed by atoms with Crippen molar-refractivity contribution < 1.29 is 4.79 Å². The van der Waals surface area contributed by atoms with E-state index in [0.29, 0.717) is 6.54 Å². The molecule has 2 N–H and O–H groups in total. The van der Waals surface area contributed by atoms with Gasteiger partial charge in [-0.15, -0.1) is 0 Å².